The molecule has 1 aliphatic rings. The van der Waals surface area contributed by atoms with Crippen molar-refractivity contribution in [1.82, 2.24) is 9.62 Å². The number of hydrogen-bond donors (Lipinski definition) is 1. The van der Waals surface area contributed by atoms with Crippen molar-refractivity contribution in [2.45, 2.75) is 33.1 Å². The molecule has 1 heterocycles. The summed E-state index contributed by atoms with van der Waals surface area (Å²) < 4.78 is 25.8. The first-order chi connectivity index (χ1) is 7.97. The topological polar surface area (TPSA) is 49.4 Å². The van der Waals surface area contributed by atoms with E-state index in [0.29, 0.717) is 31.5 Å². The second-order valence-corrected chi connectivity index (χ2v) is 7.34. The lowest BCUT2D eigenvalue weighted by Crippen LogP contribution is -2.36. The van der Waals surface area contributed by atoms with Crippen molar-refractivity contribution in [2.24, 2.45) is 11.8 Å². The van der Waals surface area contributed by atoms with Gasteiger partial charge in [-0.2, -0.15) is 0 Å². The minimum Gasteiger partial charge on any atom is -0.319 e. The van der Waals surface area contributed by atoms with Crippen LogP contribution in [0.2, 0.25) is 0 Å². The lowest BCUT2D eigenvalue weighted by Gasteiger charge is -2.21. The minimum atomic E-state index is -3.05. The molecule has 1 rings (SSSR count). The van der Waals surface area contributed by atoms with Crippen LogP contribution in [-0.2, 0) is 10.0 Å². The molecule has 0 amide bonds. The molecule has 1 fully saturated rings. The van der Waals surface area contributed by atoms with Crippen molar-refractivity contribution in [3.63, 3.8) is 0 Å². The van der Waals surface area contributed by atoms with E-state index >= 15 is 0 Å². The van der Waals surface area contributed by atoms with E-state index < -0.39 is 10.0 Å². The lowest BCUT2D eigenvalue weighted by molar-refractivity contribution is 0.340. The van der Waals surface area contributed by atoms with E-state index in [0.717, 1.165) is 19.3 Å². The fourth-order valence-electron chi connectivity index (χ4n) is 2.40. The zero-order valence-corrected chi connectivity index (χ0v) is 12.1. The Balaban J connectivity index is 2.56. The highest BCUT2D eigenvalue weighted by atomic mass is 32.2. The van der Waals surface area contributed by atoms with Gasteiger partial charge in [-0.3, -0.25) is 0 Å². The summed E-state index contributed by atoms with van der Waals surface area (Å²) in [7, 11) is -1.26. The molecular formula is C12H26N2O2S. The van der Waals surface area contributed by atoms with Gasteiger partial charge in [-0.25, -0.2) is 12.7 Å². The van der Waals surface area contributed by atoms with E-state index in [1.807, 2.05) is 0 Å². The van der Waals surface area contributed by atoms with Crippen molar-refractivity contribution in [3.8, 4) is 0 Å². The largest absolute Gasteiger partial charge is 0.319 e. The summed E-state index contributed by atoms with van der Waals surface area (Å²) in [5.74, 6) is 1.56. The second kappa shape index (κ2) is 6.71. The van der Waals surface area contributed by atoms with Gasteiger partial charge >= 0.3 is 0 Å². The predicted molar refractivity (Wildman–Crippen MR) is 71.5 cm³/mol. The monoisotopic (exact) mass is 262 g/mol. The first-order valence-corrected chi connectivity index (χ1v) is 8.20. The summed E-state index contributed by atoms with van der Waals surface area (Å²) in [6, 6.07) is 0. The molecule has 5 heteroatoms. The van der Waals surface area contributed by atoms with Gasteiger partial charge in [0.05, 0.1) is 5.75 Å². The van der Waals surface area contributed by atoms with E-state index in [1.54, 1.807) is 11.4 Å². The zero-order valence-electron chi connectivity index (χ0n) is 11.3. The molecule has 1 unspecified atom stereocenters. The maximum Gasteiger partial charge on any atom is 0.215 e. The van der Waals surface area contributed by atoms with E-state index in [9.17, 15) is 8.42 Å². The molecule has 0 aromatic heterocycles. The van der Waals surface area contributed by atoms with Crippen LogP contribution in [0.4, 0.5) is 0 Å². The van der Waals surface area contributed by atoms with Crippen LogP contribution in [0, 0.1) is 11.8 Å². The maximum atomic E-state index is 12.1. The van der Waals surface area contributed by atoms with Gasteiger partial charge in [-0.1, -0.05) is 13.8 Å². The molecule has 0 bridgehead atoms. The normalized spacial score (nSPS) is 23.9. The van der Waals surface area contributed by atoms with Crippen molar-refractivity contribution < 1.29 is 8.42 Å². The summed E-state index contributed by atoms with van der Waals surface area (Å²) in [6.07, 6.45) is 3.17. The van der Waals surface area contributed by atoms with Crippen LogP contribution in [0.5, 0.6) is 0 Å². The summed E-state index contributed by atoms with van der Waals surface area (Å²) in [4.78, 5) is 0. The van der Waals surface area contributed by atoms with Gasteiger partial charge in [0.1, 0.15) is 0 Å². The van der Waals surface area contributed by atoms with Crippen molar-refractivity contribution in [2.75, 3.05) is 32.4 Å². The minimum absolute atomic E-state index is 0.218. The average molecular weight is 262 g/mol. The predicted octanol–water partition coefficient (Wildman–Crippen LogP) is 1.29. The Bertz CT molecular complexity index is 314. The standard InChI is InChI=1S/C12H26N2O2S/c1-11(2)12-5-4-8-14(9-6-12)17(15,16)10-7-13-3/h11-13H,4-10H2,1-3H3. The highest BCUT2D eigenvalue weighted by molar-refractivity contribution is 7.89. The second-order valence-electron chi connectivity index (χ2n) is 5.25. The lowest BCUT2D eigenvalue weighted by atomic mass is 9.89. The fourth-order valence-corrected chi connectivity index (χ4v) is 3.91. The molecule has 0 aromatic rings. The highest BCUT2D eigenvalue weighted by Crippen LogP contribution is 2.25. The van der Waals surface area contributed by atoms with Crippen molar-refractivity contribution >= 4 is 10.0 Å². The van der Waals surface area contributed by atoms with Crippen LogP contribution in [0.25, 0.3) is 0 Å². The van der Waals surface area contributed by atoms with Gasteiger partial charge in [0.15, 0.2) is 0 Å². The van der Waals surface area contributed by atoms with Crippen molar-refractivity contribution in [3.05, 3.63) is 0 Å². The first-order valence-electron chi connectivity index (χ1n) is 6.60. The molecule has 0 radical (unpaired) electrons. The van der Waals surface area contributed by atoms with E-state index in [-0.39, 0.29) is 5.75 Å². The molecule has 0 spiro atoms. The van der Waals surface area contributed by atoms with Crippen LogP contribution in [0.1, 0.15) is 33.1 Å². The highest BCUT2D eigenvalue weighted by Gasteiger charge is 2.26. The van der Waals surface area contributed by atoms with E-state index in [2.05, 4.69) is 19.2 Å². The van der Waals surface area contributed by atoms with Gasteiger partial charge in [0.25, 0.3) is 0 Å². The fraction of sp³-hybridized carbons (Fsp3) is 1.00. The zero-order chi connectivity index (χ0) is 12.9. The molecule has 0 aromatic carbocycles. The Labute approximate surface area is 106 Å². The van der Waals surface area contributed by atoms with Gasteiger partial charge in [-0.15, -0.1) is 0 Å². The molecule has 17 heavy (non-hydrogen) atoms. The quantitative estimate of drug-likeness (QED) is 0.812. The number of hydrogen-bond acceptors (Lipinski definition) is 3. The van der Waals surface area contributed by atoms with E-state index in [4.69, 9.17) is 0 Å². The van der Waals surface area contributed by atoms with Crippen LogP contribution in [0.15, 0.2) is 0 Å². The van der Waals surface area contributed by atoms with Gasteiger partial charge in [-0.05, 0) is 38.1 Å². The summed E-state index contributed by atoms with van der Waals surface area (Å²) in [6.45, 7) is 6.41. The third kappa shape index (κ3) is 4.56. The van der Waals surface area contributed by atoms with Gasteiger partial charge in [0.2, 0.25) is 10.0 Å². The summed E-state index contributed by atoms with van der Waals surface area (Å²) in [5.41, 5.74) is 0. The Morgan fingerprint density at radius 3 is 2.59 bits per heavy atom. The molecule has 1 N–H and O–H groups in total. The third-order valence-electron chi connectivity index (χ3n) is 3.68. The first kappa shape index (κ1) is 14.9. The Hall–Kier alpha value is -0.130. The Morgan fingerprint density at radius 1 is 1.29 bits per heavy atom. The van der Waals surface area contributed by atoms with Gasteiger partial charge in [0, 0.05) is 19.6 Å². The van der Waals surface area contributed by atoms with Crippen molar-refractivity contribution in [1.29, 1.82) is 0 Å². The summed E-state index contributed by atoms with van der Waals surface area (Å²) >= 11 is 0. The van der Waals surface area contributed by atoms with Crippen LogP contribution < -0.4 is 5.32 Å². The molecule has 0 saturated carbocycles. The third-order valence-corrected chi connectivity index (χ3v) is 5.55. The molecule has 0 aliphatic carbocycles. The maximum absolute atomic E-state index is 12.1. The van der Waals surface area contributed by atoms with Crippen LogP contribution in [-0.4, -0.2) is 45.2 Å². The van der Waals surface area contributed by atoms with Gasteiger partial charge < -0.3 is 5.32 Å². The Kier molecular flexibility index (Phi) is 5.89. The van der Waals surface area contributed by atoms with Crippen LogP contribution >= 0.6 is 0 Å². The number of sulfonamides is 1. The SMILES string of the molecule is CNCCS(=O)(=O)N1CCCC(C(C)C)CC1. The molecule has 1 saturated heterocycles. The smallest absolute Gasteiger partial charge is 0.215 e. The van der Waals surface area contributed by atoms with Crippen LogP contribution in [0.3, 0.4) is 0 Å². The number of nitrogens with zero attached hydrogens (tertiary/aromatic N) is 1. The Morgan fingerprint density at radius 2 is 2.00 bits per heavy atom. The summed E-state index contributed by atoms with van der Waals surface area (Å²) in [5, 5.41) is 2.90. The van der Waals surface area contributed by atoms with E-state index in [1.165, 1.54) is 0 Å². The molecule has 102 valence electrons. The molecule has 4 nitrogen and oxygen atoms in total. The molecule has 1 atom stereocenters. The molecular weight excluding hydrogens is 236 g/mol. The molecule has 1 aliphatic heterocycles. The number of nitrogens with one attached hydrogen (secondary N) is 1. The average Bonchev–Trinajstić information content (AvgIpc) is 2.52. The number of rotatable bonds is 5.